The Labute approximate surface area is 165 Å². The lowest BCUT2D eigenvalue weighted by Crippen LogP contribution is -2.67. The zero-order valence-corrected chi connectivity index (χ0v) is 18.9. The summed E-state index contributed by atoms with van der Waals surface area (Å²) in [6, 6.07) is 0. The van der Waals surface area contributed by atoms with Crippen molar-refractivity contribution in [2.75, 3.05) is 6.54 Å². The van der Waals surface area contributed by atoms with Crippen molar-refractivity contribution < 1.29 is 5.11 Å². The molecule has 1 fully saturated rings. The molecule has 26 heavy (non-hydrogen) atoms. The van der Waals surface area contributed by atoms with Crippen molar-refractivity contribution in [2.24, 2.45) is 5.92 Å². The monoisotopic (exact) mass is 367 g/mol. The van der Waals surface area contributed by atoms with E-state index < -0.39 is 0 Å². The van der Waals surface area contributed by atoms with Crippen molar-refractivity contribution in [3.05, 3.63) is 0 Å². The highest BCUT2D eigenvalue weighted by Crippen LogP contribution is 2.45. The Hall–Kier alpha value is -0.0800. The molecule has 0 aromatic rings. The van der Waals surface area contributed by atoms with E-state index in [2.05, 4.69) is 46.4 Å². The summed E-state index contributed by atoms with van der Waals surface area (Å²) in [5.74, 6) is 0.357. The van der Waals surface area contributed by atoms with E-state index in [0.29, 0.717) is 5.92 Å². The number of piperidine rings is 1. The third-order valence-corrected chi connectivity index (χ3v) is 7.69. The number of hydrogen-bond acceptors (Lipinski definition) is 2. The first-order valence-corrected chi connectivity index (χ1v) is 11.8. The van der Waals surface area contributed by atoms with E-state index in [1.807, 2.05) is 0 Å². The van der Waals surface area contributed by atoms with Crippen molar-refractivity contribution in [1.82, 2.24) is 4.90 Å². The zero-order chi connectivity index (χ0) is 19.6. The van der Waals surface area contributed by atoms with Gasteiger partial charge in [-0.3, -0.25) is 4.90 Å². The Balaban J connectivity index is 2.40. The topological polar surface area (TPSA) is 23.5 Å². The maximum Gasteiger partial charge on any atom is 0.0600 e. The van der Waals surface area contributed by atoms with E-state index >= 15 is 0 Å². The van der Waals surface area contributed by atoms with Crippen LogP contribution in [0.4, 0.5) is 0 Å². The van der Waals surface area contributed by atoms with Crippen LogP contribution in [0.15, 0.2) is 0 Å². The van der Waals surface area contributed by atoms with Crippen LogP contribution in [0.25, 0.3) is 0 Å². The average molecular weight is 368 g/mol. The zero-order valence-electron chi connectivity index (χ0n) is 18.9. The molecule has 0 amide bonds. The molecular weight excluding hydrogens is 318 g/mol. The van der Waals surface area contributed by atoms with Crippen LogP contribution >= 0.6 is 0 Å². The van der Waals surface area contributed by atoms with E-state index in [9.17, 15) is 5.11 Å². The van der Waals surface area contributed by atoms with Gasteiger partial charge in [0.2, 0.25) is 0 Å². The number of aliphatic hydroxyl groups is 1. The molecule has 0 radical (unpaired) electrons. The first-order chi connectivity index (χ1) is 12.4. The molecule has 0 aromatic heterocycles. The Morgan fingerprint density at radius 2 is 1.31 bits per heavy atom. The highest BCUT2D eigenvalue weighted by atomic mass is 16.3. The van der Waals surface area contributed by atoms with Gasteiger partial charge < -0.3 is 5.11 Å². The van der Waals surface area contributed by atoms with Crippen LogP contribution in [0.2, 0.25) is 0 Å². The van der Waals surface area contributed by atoms with Crippen LogP contribution < -0.4 is 0 Å². The molecule has 1 aliphatic rings. The first-order valence-electron chi connectivity index (χ1n) is 11.8. The molecule has 0 spiro atoms. The summed E-state index contributed by atoms with van der Waals surface area (Å²) in [5, 5.41) is 10.6. The third-order valence-electron chi connectivity index (χ3n) is 7.69. The van der Waals surface area contributed by atoms with Gasteiger partial charge in [-0.2, -0.15) is 0 Å². The lowest BCUT2D eigenvalue weighted by atomic mass is 9.68. The standard InChI is InChI=1S/C24H49NO/c1-7-10-11-12-13-14-15-16-17-18-19-25-23(5,8-2)20-22(26)21(4)24(25,6)9-3/h21-22,26H,7-20H2,1-6H3. The van der Waals surface area contributed by atoms with Gasteiger partial charge in [0.1, 0.15) is 0 Å². The van der Waals surface area contributed by atoms with Gasteiger partial charge in [-0.1, -0.05) is 85.5 Å². The summed E-state index contributed by atoms with van der Waals surface area (Å²) in [6.45, 7) is 15.1. The molecule has 1 aliphatic heterocycles. The molecule has 1 saturated heterocycles. The van der Waals surface area contributed by atoms with Crippen LogP contribution in [-0.4, -0.2) is 33.7 Å². The van der Waals surface area contributed by atoms with E-state index in [1.54, 1.807) is 0 Å². The van der Waals surface area contributed by atoms with Crippen LogP contribution in [0.1, 0.15) is 125 Å². The normalized spacial score (nSPS) is 32.9. The van der Waals surface area contributed by atoms with E-state index in [1.165, 1.54) is 70.8 Å². The summed E-state index contributed by atoms with van der Waals surface area (Å²) in [5.41, 5.74) is 0.275. The molecule has 4 atom stereocenters. The quantitative estimate of drug-likeness (QED) is 0.356. The van der Waals surface area contributed by atoms with Gasteiger partial charge in [0.15, 0.2) is 0 Å². The second-order valence-electron chi connectivity index (χ2n) is 9.45. The van der Waals surface area contributed by atoms with Crippen LogP contribution in [0.5, 0.6) is 0 Å². The Bertz CT molecular complexity index is 371. The minimum atomic E-state index is -0.158. The highest BCUT2D eigenvalue weighted by Gasteiger charge is 2.51. The molecule has 4 unspecified atom stereocenters. The van der Waals surface area contributed by atoms with Crippen LogP contribution in [0, 0.1) is 5.92 Å². The number of hydrogen-bond donors (Lipinski definition) is 1. The molecule has 0 saturated carbocycles. The van der Waals surface area contributed by atoms with E-state index in [-0.39, 0.29) is 17.2 Å². The number of likely N-dealkylation sites (tertiary alicyclic amines) is 1. The minimum Gasteiger partial charge on any atom is -0.393 e. The predicted molar refractivity (Wildman–Crippen MR) is 116 cm³/mol. The second kappa shape index (κ2) is 11.7. The number of nitrogens with zero attached hydrogens (tertiary/aromatic N) is 1. The predicted octanol–water partition coefficient (Wildman–Crippen LogP) is 6.95. The first kappa shape index (κ1) is 24.0. The van der Waals surface area contributed by atoms with Gasteiger partial charge in [-0.25, -0.2) is 0 Å². The summed E-state index contributed by atoms with van der Waals surface area (Å²) < 4.78 is 0. The summed E-state index contributed by atoms with van der Waals surface area (Å²) in [7, 11) is 0. The van der Waals surface area contributed by atoms with Gasteiger partial charge >= 0.3 is 0 Å². The van der Waals surface area contributed by atoms with Crippen molar-refractivity contribution >= 4 is 0 Å². The molecule has 0 aromatic carbocycles. The number of unbranched alkanes of at least 4 members (excludes halogenated alkanes) is 9. The summed E-state index contributed by atoms with van der Waals surface area (Å²) in [6.07, 6.45) is 17.0. The van der Waals surface area contributed by atoms with Crippen LogP contribution in [0.3, 0.4) is 0 Å². The fraction of sp³-hybridized carbons (Fsp3) is 1.00. The summed E-state index contributed by atoms with van der Waals surface area (Å²) in [4.78, 5) is 2.78. The van der Waals surface area contributed by atoms with Gasteiger partial charge in [0.05, 0.1) is 6.10 Å². The molecular formula is C24H49NO. The molecule has 1 rings (SSSR count). The van der Waals surface area contributed by atoms with Gasteiger partial charge in [-0.15, -0.1) is 0 Å². The van der Waals surface area contributed by atoms with E-state index in [0.717, 1.165) is 19.3 Å². The van der Waals surface area contributed by atoms with Crippen molar-refractivity contribution in [3.63, 3.8) is 0 Å². The Kier molecular flexibility index (Phi) is 10.8. The van der Waals surface area contributed by atoms with Crippen molar-refractivity contribution in [1.29, 1.82) is 0 Å². The molecule has 2 heteroatoms. The number of rotatable bonds is 13. The molecule has 0 aliphatic carbocycles. The second-order valence-corrected chi connectivity index (χ2v) is 9.45. The van der Waals surface area contributed by atoms with Crippen molar-refractivity contribution in [2.45, 2.75) is 142 Å². The van der Waals surface area contributed by atoms with Gasteiger partial charge in [0, 0.05) is 17.0 Å². The fourth-order valence-electron chi connectivity index (χ4n) is 5.15. The molecule has 156 valence electrons. The van der Waals surface area contributed by atoms with Gasteiger partial charge in [0.25, 0.3) is 0 Å². The van der Waals surface area contributed by atoms with Crippen molar-refractivity contribution in [3.8, 4) is 0 Å². The minimum absolute atomic E-state index is 0.127. The third kappa shape index (κ3) is 6.23. The largest absolute Gasteiger partial charge is 0.393 e. The average Bonchev–Trinajstić information content (AvgIpc) is 2.63. The molecule has 1 N–H and O–H groups in total. The molecule has 2 nitrogen and oxygen atoms in total. The lowest BCUT2D eigenvalue weighted by Gasteiger charge is -2.60. The SMILES string of the molecule is CCCCCCCCCCCCN1C(C)(CC)CC(O)C(C)C1(C)CC. The molecule has 0 bridgehead atoms. The Morgan fingerprint density at radius 1 is 0.808 bits per heavy atom. The van der Waals surface area contributed by atoms with Gasteiger partial charge in [-0.05, 0) is 46.1 Å². The fourth-order valence-corrected chi connectivity index (χ4v) is 5.15. The number of aliphatic hydroxyl groups excluding tert-OH is 1. The van der Waals surface area contributed by atoms with E-state index in [4.69, 9.17) is 0 Å². The maximum absolute atomic E-state index is 10.6. The maximum atomic E-state index is 10.6. The lowest BCUT2D eigenvalue weighted by molar-refractivity contribution is -0.136. The Morgan fingerprint density at radius 3 is 1.77 bits per heavy atom. The highest BCUT2D eigenvalue weighted by molar-refractivity contribution is 5.06. The smallest absolute Gasteiger partial charge is 0.0600 e. The summed E-state index contributed by atoms with van der Waals surface area (Å²) >= 11 is 0. The molecule has 1 heterocycles. The van der Waals surface area contributed by atoms with Crippen LogP contribution in [-0.2, 0) is 0 Å².